The molecule has 1 aliphatic rings. The normalized spacial score (nSPS) is 15.8. The molecule has 0 aliphatic carbocycles. The van der Waals surface area contributed by atoms with Gasteiger partial charge in [-0.25, -0.2) is 4.79 Å². The van der Waals surface area contributed by atoms with Crippen molar-refractivity contribution in [1.29, 1.82) is 0 Å². The van der Waals surface area contributed by atoms with Crippen LogP contribution in [0.1, 0.15) is 37.5 Å². The summed E-state index contributed by atoms with van der Waals surface area (Å²) in [4.78, 5) is 18.4. The summed E-state index contributed by atoms with van der Waals surface area (Å²) in [6.07, 6.45) is -0.392. The van der Waals surface area contributed by atoms with Crippen molar-refractivity contribution in [2.45, 2.75) is 46.8 Å². The van der Waals surface area contributed by atoms with E-state index in [4.69, 9.17) is 10.3 Å². The zero-order chi connectivity index (χ0) is 22.0. The first kappa shape index (κ1) is 22.9. The van der Waals surface area contributed by atoms with Crippen molar-refractivity contribution in [1.82, 2.24) is 9.80 Å². The van der Waals surface area contributed by atoms with E-state index in [0.717, 1.165) is 6.07 Å². The molecule has 1 amide bonds. The average molecular weight is 412 g/mol. The highest BCUT2D eigenvalue weighted by Gasteiger charge is 2.30. The van der Waals surface area contributed by atoms with Gasteiger partial charge in [0, 0.05) is 43.3 Å². The molecule has 0 N–H and O–H groups in total. The van der Waals surface area contributed by atoms with Gasteiger partial charge in [0.25, 0.3) is 0 Å². The van der Waals surface area contributed by atoms with Crippen LogP contribution in [0, 0.1) is 13.8 Å². The molecule has 0 unspecified atom stereocenters. The molecule has 0 saturated carbocycles. The van der Waals surface area contributed by atoms with E-state index >= 15 is 0 Å². The highest BCUT2D eigenvalue weighted by molar-refractivity contribution is 6.74. The van der Waals surface area contributed by atoms with Crippen molar-refractivity contribution in [3.8, 4) is 0 Å². The Morgan fingerprint density at radius 1 is 1.21 bits per heavy atom. The molecule has 29 heavy (non-hydrogen) atoms. The fraction of sp³-hybridized carbons (Fsp3) is 0.611. The van der Waals surface area contributed by atoms with E-state index in [1.165, 1.54) is 6.92 Å². The number of rotatable bonds is 4. The van der Waals surface area contributed by atoms with Crippen molar-refractivity contribution >= 4 is 24.2 Å². The van der Waals surface area contributed by atoms with Crippen molar-refractivity contribution in [2.75, 3.05) is 26.2 Å². The number of azide groups is 1. The number of benzene rings is 1. The molecule has 1 saturated heterocycles. The summed E-state index contributed by atoms with van der Waals surface area (Å²) in [6.45, 7) is 5.30. The lowest BCUT2D eigenvalue weighted by molar-refractivity contribution is 0.0139. The topological polar surface area (TPSA) is 81.5 Å². The Kier molecular flexibility index (Phi) is 6.75. The van der Waals surface area contributed by atoms with Gasteiger partial charge in [0.2, 0.25) is 0 Å². The molecule has 1 aromatic carbocycles. The fourth-order valence-electron chi connectivity index (χ4n) is 3.33. The van der Waals surface area contributed by atoms with E-state index in [2.05, 4.69) is 10.0 Å². The molecule has 1 heterocycles. The maximum Gasteiger partial charge on any atom is 0.509 e. The summed E-state index contributed by atoms with van der Waals surface area (Å²) < 4.78 is 45.8. The summed E-state index contributed by atoms with van der Waals surface area (Å²) in [5.74, 6) is 0. The highest BCUT2D eigenvalue weighted by Crippen LogP contribution is 2.29. The Bertz CT molecular complexity index is 824. The van der Waals surface area contributed by atoms with Gasteiger partial charge in [-0.05, 0) is 51.3 Å². The zero-order valence-corrected chi connectivity index (χ0v) is 17.4. The van der Waals surface area contributed by atoms with E-state index in [0.29, 0.717) is 37.3 Å². The molecule has 0 radical (unpaired) electrons. The zero-order valence-electron chi connectivity index (χ0n) is 17.4. The van der Waals surface area contributed by atoms with Crippen molar-refractivity contribution in [2.24, 2.45) is 5.11 Å². The first-order chi connectivity index (χ1) is 13.3. The molecule has 1 aliphatic heterocycles. The lowest BCUT2D eigenvalue weighted by atomic mass is 9.75. The second kappa shape index (κ2) is 8.55. The molecule has 0 bridgehead atoms. The Labute approximate surface area is 168 Å². The van der Waals surface area contributed by atoms with Crippen molar-refractivity contribution < 1.29 is 22.5 Å². The predicted octanol–water partition coefficient (Wildman–Crippen LogP) is 4.35. The second-order valence-corrected chi connectivity index (χ2v) is 8.23. The van der Waals surface area contributed by atoms with Crippen LogP contribution in [0.25, 0.3) is 10.4 Å². The molecule has 0 aromatic heterocycles. The number of carbonyl (C=O) groups excluding carboxylic acids is 1. The number of piperazine rings is 1. The first-order valence-corrected chi connectivity index (χ1v) is 9.41. The summed E-state index contributed by atoms with van der Waals surface area (Å²) >= 11 is 0. The lowest BCUT2D eigenvalue weighted by Crippen LogP contribution is -2.49. The third kappa shape index (κ3) is 5.80. The Balaban J connectivity index is 2.18. The predicted molar refractivity (Wildman–Crippen MR) is 107 cm³/mol. The van der Waals surface area contributed by atoms with E-state index in [-0.39, 0.29) is 17.8 Å². The number of ether oxygens (including phenoxy) is 1. The standard InChI is InChI=1S/C18H26BF3N5O2/c1-12-14(10-15(19(20,21)22)13(2)16(12)24-25-23)11-26-6-8-27(9-7-26)17(28)29-18(3,4)5/h10H,6-9,11H2,1-5H3/q-1. The minimum absolute atomic E-state index is 0.0339. The maximum absolute atomic E-state index is 13.5. The quantitative estimate of drug-likeness (QED) is 0.319. The molecule has 11 heteroatoms. The highest BCUT2D eigenvalue weighted by atomic mass is 19.4. The SMILES string of the molecule is Cc1c(CN2CCN(C(=O)OC(C)(C)C)CC2)cc([B-](F)(F)F)c(C)c1N=[N+]=[N-]. The number of carbonyl (C=O) groups is 1. The van der Waals surface area contributed by atoms with Gasteiger partial charge in [-0.15, -0.1) is 5.46 Å². The van der Waals surface area contributed by atoms with E-state index in [9.17, 15) is 17.7 Å². The molecule has 1 aromatic rings. The monoisotopic (exact) mass is 412 g/mol. The van der Waals surface area contributed by atoms with Crippen LogP contribution in [0.4, 0.5) is 23.4 Å². The number of amides is 1. The largest absolute Gasteiger partial charge is 0.509 e. The number of hydrogen-bond acceptors (Lipinski definition) is 4. The van der Waals surface area contributed by atoms with E-state index < -0.39 is 24.1 Å². The van der Waals surface area contributed by atoms with Gasteiger partial charge in [0.05, 0.1) is 0 Å². The molecular weight excluding hydrogens is 386 g/mol. The van der Waals surface area contributed by atoms with E-state index in [1.807, 2.05) is 4.90 Å². The van der Waals surface area contributed by atoms with E-state index in [1.54, 1.807) is 32.6 Å². The van der Waals surface area contributed by atoms with Crippen molar-refractivity contribution in [3.05, 3.63) is 33.2 Å². The molecule has 160 valence electrons. The second-order valence-electron chi connectivity index (χ2n) is 8.23. The third-order valence-corrected chi connectivity index (χ3v) is 4.87. The Hall–Kier alpha value is -2.39. The molecular formula is C18H26BF3N5O2-. The minimum atomic E-state index is -5.23. The lowest BCUT2D eigenvalue weighted by Gasteiger charge is -2.36. The van der Waals surface area contributed by atoms with Gasteiger partial charge in [0.1, 0.15) is 5.60 Å². The number of nitrogens with zero attached hydrogens (tertiary/aromatic N) is 5. The number of halogens is 3. The van der Waals surface area contributed by atoms with Gasteiger partial charge in [-0.2, -0.15) is 0 Å². The maximum atomic E-state index is 13.5. The smallest absolute Gasteiger partial charge is 0.445 e. The van der Waals surface area contributed by atoms with Crippen LogP contribution >= 0.6 is 0 Å². The molecule has 0 spiro atoms. The summed E-state index contributed by atoms with van der Waals surface area (Å²) in [5, 5.41) is 3.51. The average Bonchev–Trinajstić information content (AvgIpc) is 2.59. The minimum Gasteiger partial charge on any atom is -0.445 e. The van der Waals surface area contributed by atoms with Gasteiger partial charge in [0.15, 0.2) is 0 Å². The summed E-state index contributed by atoms with van der Waals surface area (Å²) in [6, 6.07) is 1.15. The Morgan fingerprint density at radius 3 is 2.28 bits per heavy atom. The van der Waals surface area contributed by atoms with Crippen molar-refractivity contribution in [3.63, 3.8) is 0 Å². The van der Waals surface area contributed by atoms with Gasteiger partial charge >= 0.3 is 13.1 Å². The van der Waals surface area contributed by atoms with Crippen LogP contribution in [-0.2, 0) is 11.3 Å². The molecule has 7 nitrogen and oxygen atoms in total. The van der Waals surface area contributed by atoms with Gasteiger partial charge < -0.3 is 22.6 Å². The van der Waals surface area contributed by atoms with Crippen LogP contribution in [0.15, 0.2) is 11.2 Å². The fourth-order valence-corrected chi connectivity index (χ4v) is 3.33. The first-order valence-electron chi connectivity index (χ1n) is 9.41. The number of hydrogen-bond donors (Lipinski definition) is 0. The third-order valence-electron chi connectivity index (χ3n) is 4.87. The Morgan fingerprint density at radius 2 is 1.79 bits per heavy atom. The van der Waals surface area contributed by atoms with Crippen LogP contribution in [0.3, 0.4) is 0 Å². The van der Waals surface area contributed by atoms with Gasteiger partial charge in [-0.3, -0.25) is 4.90 Å². The molecule has 1 fully saturated rings. The van der Waals surface area contributed by atoms with Crippen LogP contribution in [0.2, 0.25) is 0 Å². The van der Waals surface area contributed by atoms with Gasteiger partial charge in [-0.1, -0.05) is 16.7 Å². The van der Waals surface area contributed by atoms with Crippen LogP contribution < -0.4 is 5.46 Å². The summed E-state index contributed by atoms with van der Waals surface area (Å²) in [7, 11) is 0. The van der Waals surface area contributed by atoms with Crippen LogP contribution in [-0.4, -0.2) is 54.7 Å². The van der Waals surface area contributed by atoms with Crippen LogP contribution in [0.5, 0.6) is 0 Å². The summed E-state index contributed by atoms with van der Waals surface area (Å²) in [5.41, 5.74) is 8.44. The molecule has 2 rings (SSSR count). The molecule has 0 atom stereocenters.